The number of nitrogens with zero attached hydrogens (tertiary/aromatic N) is 4. The van der Waals surface area contributed by atoms with Gasteiger partial charge in [0.1, 0.15) is 5.58 Å². The second kappa shape index (κ2) is 21.1. The van der Waals surface area contributed by atoms with Crippen molar-refractivity contribution in [1.82, 2.24) is 19.1 Å². The normalized spacial score (nSPS) is 12.3. The molecule has 3 heterocycles. The van der Waals surface area contributed by atoms with E-state index in [0.29, 0.717) is 0 Å². The van der Waals surface area contributed by atoms with Gasteiger partial charge >= 0.3 is 0 Å². The first-order valence-corrected chi connectivity index (χ1v) is 25.4. The van der Waals surface area contributed by atoms with E-state index in [9.17, 15) is 0 Å². The minimum atomic E-state index is -0.834. The van der Waals surface area contributed by atoms with Crippen LogP contribution in [0.15, 0.2) is 199 Å². The molecule has 5 nitrogen and oxygen atoms in total. The van der Waals surface area contributed by atoms with Gasteiger partial charge in [-0.15, -0.1) is 54.1 Å². The summed E-state index contributed by atoms with van der Waals surface area (Å²) in [5.74, 6) is 0.513. The molecule has 0 unspecified atom stereocenters. The fourth-order valence-electron chi connectivity index (χ4n) is 10.3. The number of furan rings is 1. The Bertz CT molecular complexity index is 3970. The first-order valence-electron chi connectivity index (χ1n) is 26.4. The molecular weight excluding hydrogens is 1080 g/mol. The van der Waals surface area contributed by atoms with Gasteiger partial charge in [0.2, 0.25) is 0 Å². The Balaban J connectivity index is 0.000000189. The van der Waals surface area contributed by atoms with E-state index in [1.807, 2.05) is 107 Å². The summed E-state index contributed by atoms with van der Waals surface area (Å²) >= 11 is 0. The van der Waals surface area contributed by atoms with Gasteiger partial charge in [0, 0.05) is 39.6 Å². The molecule has 74 heavy (non-hydrogen) atoms. The van der Waals surface area contributed by atoms with E-state index >= 15 is 0 Å². The maximum atomic E-state index is 8.80. The summed E-state index contributed by atoms with van der Waals surface area (Å²) in [6.45, 7) is 16.7. The molecule has 3 aromatic heterocycles. The molecule has 0 aliphatic rings. The molecule has 0 fully saturated rings. The van der Waals surface area contributed by atoms with Gasteiger partial charge in [-0.2, -0.15) is 0 Å². The number of fused-ring (bicyclic) bond motifs is 5. The van der Waals surface area contributed by atoms with E-state index < -0.39 is 11.8 Å². The Labute approximate surface area is 451 Å². The number of hydrogen-bond acceptors (Lipinski definition) is 3. The van der Waals surface area contributed by atoms with Crippen LogP contribution in [0.2, 0.25) is 0 Å². The standard InChI is InChI=1S/C43H35N2O.C25H25N2.Ir/c1-27(2)36-24-32(30-16-9-6-10-17-30)25-37(28(3)4)41(36)45-39-21-12-11-20-38(39)44-43(45)35-19-13-18-34-33-23-22-31(26-40(33)46-42(34)35)29-14-7-5-8-15-29;1-17(2)20-13-10-14-21(18(3)4)24(20)27-23-16-9-8-15-22(23)26-25(27)19-11-6-5-7-12-19;/h5-18,20-28H,1-4H3;5-11,13-18H,1-4H3;/q2*-1;/i;17D,18D;. The Morgan fingerprint density at radius 2 is 0.973 bits per heavy atom. The van der Waals surface area contributed by atoms with Crippen LogP contribution in [0.5, 0.6) is 0 Å². The Morgan fingerprint density at radius 1 is 0.446 bits per heavy atom. The molecule has 0 spiro atoms. The first kappa shape index (κ1) is 47.4. The van der Waals surface area contributed by atoms with E-state index in [4.69, 9.17) is 17.1 Å². The number of imidazole rings is 2. The monoisotopic (exact) mass is 1140 g/mol. The summed E-state index contributed by atoms with van der Waals surface area (Å²) < 4.78 is 28.8. The molecule has 0 bridgehead atoms. The molecule has 0 aliphatic carbocycles. The van der Waals surface area contributed by atoms with Crippen molar-refractivity contribution < 1.29 is 27.3 Å². The Hall–Kier alpha value is -7.63. The second-order valence-electron chi connectivity index (χ2n) is 20.0. The van der Waals surface area contributed by atoms with Crippen LogP contribution in [0.1, 0.15) is 104 Å². The van der Waals surface area contributed by atoms with E-state index in [1.165, 1.54) is 33.5 Å². The topological polar surface area (TPSA) is 48.8 Å². The van der Waals surface area contributed by atoms with Crippen molar-refractivity contribution in [3.8, 4) is 56.4 Å². The molecule has 369 valence electrons. The molecule has 9 aromatic carbocycles. The number of hydrogen-bond donors (Lipinski definition) is 0. The third-order valence-corrected chi connectivity index (χ3v) is 13.9. The molecule has 0 saturated carbocycles. The third-order valence-electron chi connectivity index (χ3n) is 13.9. The average Bonchev–Trinajstić information content (AvgIpc) is 4.14. The zero-order valence-electron chi connectivity index (χ0n) is 45.2. The summed E-state index contributed by atoms with van der Waals surface area (Å²) in [7, 11) is 0. The first-order chi connectivity index (χ1) is 36.2. The zero-order chi connectivity index (χ0) is 52.2. The zero-order valence-corrected chi connectivity index (χ0v) is 45.6. The molecule has 0 atom stereocenters. The van der Waals surface area contributed by atoms with E-state index in [1.54, 1.807) is 0 Å². The molecule has 6 heteroatoms. The van der Waals surface area contributed by atoms with Crippen LogP contribution in [-0.2, 0) is 20.1 Å². The molecular formula is C68H60IrN4O-2. The predicted octanol–water partition coefficient (Wildman–Crippen LogP) is 18.7. The van der Waals surface area contributed by atoms with Crippen molar-refractivity contribution in [3.05, 3.63) is 229 Å². The van der Waals surface area contributed by atoms with Crippen LogP contribution in [-0.4, -0.2) is 19.1 Å². The molecule has 1 radical (unpaired) electrons. The molecule has 12 rings (SSSR count). The SMILES string of the molecule is CC(C)c1cc(-c2ccccc2)cc(C(C)C)c1-n1c(-c2[c-]ccc3c2oc2cc(-c4ccccc4)ccc23)nc2ccccc21.[2H]C(C)(C)c1cccc(C([2H])(C)C)c1-n1c(-c2[c-]cccc2)nc2ccccc21.[Ir]. The van der Waals surface area contributed by atoms with Crippen molar-refractivity contribution in [2.75, 3.05) is 0 Å². The van der Waals surface area contributed by atoms with Gasteiger partial charge < -0.3 is 13.6 Å². The smallest absolute Gasteiger partial charge is 0.121 e. The van der Waals surface area contributed by atoms with Gasteiger partial charge in [-0.1, -0.05) is 182 Å². The van der Waals surface area contributed by atoms with Crippen LogP contribution in [0.25, 0.3) is 100 Å². The molecule has 0 aliphatic heterocycles. The van der Waals surface area contributed by atoms with Crippen molar-refractivity contribution >= 4 is 44.0 Å². The number of aromatic nitrogens is 4. The summed E-state index contributed by atoms with van der Waals surface area (Å²) in [6, 6.07) is 73.5. The van der Waals surface area contributed by atoms with E-state index in [2.05, 4.69) is 164 Å². The number of rotatable bonds is 10. The maximum absolute atomic E-state index is 8.80. The molecule has 0 amide bonds. The Kier molecular flexibility index (Phi) is 13.5. The number of para-hydroxylation sites is 5. The van der Waals surface area contributed by atoms with Crippen LogP contribution < -0.4 is 0 Å². The van der Waals surface area contributed by atoms with Crippen molar-refractivity contribution in [3.63, 3.8) is 0 Å². The van der Waals surface area contributed by atoms with Crippen LogP contribution in [0.4, 0.5) is 0 Å². The summed E-state index contributed by atoms with van der Waals surface area (Å²) in [4.78, 5) is 10.2. The molecule has 12 aromatic rings. The van der Waals surface area contributed by atoms with Gasteiger partial charge in [-0.25, -0.2) is 0 Å². The van der Waals surface area contributed by atoms with Gasteiger partial charge in [-0.05, 0) is 111 Å². The molecule has 0 saturated heterocycles. The van der Waals surface area contributed by atoms with Crippen LogP contribution in [0.3, 0.4) is 0 Å². The third kappa shape index (κ3) is 9.23. The van der Waals surface area contributed by atoms with Gasteiger partial charge in [-0.3, -0.25) is 9.97 Å². The largest absolute Gasteiger partial charge is 0.501 e. The van der Waals surface area contributed by atoms with Gasteiger partial charge in [0.05, 0.1) is 39.3 Å². The fraction of sp³-hybridized carbons (Fsp3) is 0.176. The second-order valence-corrected chi connectivity index (χ2v) is 20.0. The quantitative estimate of drug-likeness (QED) is 0.128. The summed E-state index contributed by atoms with van der Waals surface area (Å²) in [6.07, 6.45) is 0. The van der Waals surface area contributed by atoms with E-state index in [-0.39, 0.29) is 31.9 Å². The average molecular weight is 1140 g/mol. The van der Waals surface area contributed by atoms with Crippen molar-refractivity contribution in [2.24, 2.45) is 0 Å². The summed E-state index contributed by atoms with van der Waals surface area (Å²) in [5, 5.41) is 2.15. The van der Waals surface area contributed by atoms with Gasteiger partial charge in [0.15, 0.2) is 0 Å². The minimum absolute atomic E-state index is 0. The van der Waals surface area contributed by atoms with Crippen LogP contribution in [0, 0.1) is 12.1 Å². The van der Waals surface area contributed by atoms with Gasteiger partial charge in [0.25, 0.3) is 0 Å². The maximum Gasteiger partial charge on any atom is 0.121 e. The fourth-order valence-corrected chi connectivity index (χ4v) is 10.3. The number of benzene rings is 9. The van der Waals surface area contributed by atoms with E-state index in [0.717, 1.165) is 89.2 Å². The molecule has 0 N–H and O–H groups in total. The Morgan fingerprint density at radius 3 is 1.54 bits per heavy atom. The van der Waals surface area contributed by atoms with Crippen molar-refractivity contribution in [2.45, 2.75) is 79.0 Å². The predicted molar refractivity (Wildman–Crippen MR) is 305 cm³/mol. The van der Waals surface area contributed by atoms with Crippen LogP contribution >= 0.6 is 0 Å². The van der Waals surface area contributed by atoms with Crippen molar-refractivity contribution in [1.29, 1.82) is 0 Å². The minimum Gasteiger partial charge on any atom is -0.501 e. The summed E-state index contributed by atoms with van der Waals surface area (Å²) in [5.41, 5.74) is 18.4.